The Morgan fingerprint density at radius 2 is 2.45 bits per heavy atom. The molecule has 60 valence electrons. The molecule has 11 heavy (non-hydrogen) atoms. The molecule has 3 heteroatoms. The Labute approximate surface area is 65.4 Å². The van der Waals surface area contributed by atoms with Gasteiger partial charge in [0.05, 0.1) is 12.8 Å². The zero-order chi connectivity index (χ0) is 7.73. The van der Waals surface area contributed by atoms with Crippen molar-refractivity contribution in [1.82, 2.24) is 10.2 Å². The Kier molecular flexibility index (Phi) is 1.46. The van der Waals surface area contributed by atoms with Crippen LogP contribution in [-0.4, -0.2) is 21.9 Å². The molecule has 0 aromatic carbocycles. The highest BCUT2D eigenvalue weighted by Crippen LogP contribution is 2.42. The van der Waals surface area contributed by atoms with E-state index in [1.54, 1.807) is 0 Å². The zero-order valence-electron chi connectivity index (χ0n) is 6.38. The highest BCUT2D eigenvalue weighted by Gasteiger charge is 2.38. The summed E-state index contributed by atoms with van der Waals surface area (Å²) >= 11 is 0. The lowest BCUT2D eigenvalue weighted by Gasteiger charge is -2.39. The van der Waals surface area contributed by atoms with Gasteiger partial charge in [-0.2, -0.15) is 5.10 Å². The molecule has 3 nitrogen and oxygen atoms in total. The van der Waals surface area contributed by atoms with Gasteiger partial charge in [0.25, 0.3) is 0 Å². The molecule has 0 unspecified atom stereocenters. The molecule has 0 aliphatic heterocycles. The number of nitrogens with one attached hydrogen (secondary N) is 1. The van der Waals surface area contributed by atoms with Crippen LogP contribution in [0.3, 0.4) is 0 Å². The number of rotatable bonds is 2. The smallest absolute Gasteiger partial charge is 0.0529 e. The fourth-order valence-corrected chi connectivity index (χ4v) is 1.68. The number of hydrogen-bond acceptors (Lipinski definition) is 2. The van der Waals surface area contributed by atoms with Crippen molar-refractivity contribution in [3.05, 3.63) is 18.0 Å². The maximum atomic E-state index is 9.17. The third-order valence-electron chi connectivity index (χ3n) is 2.72. The summed E-state index contributed by atoms with van der Waals surface area (Å²) in [6.45, 7) is 0.256. The lowest BCUT2D eigenvalue weighted by atomic mass is 9.66. The second kappa shape index (κ2) is 2.34. The molecular formula is C8H12N2O. The molecule has 1 aromatic heterocycles. The van der Waals surface area contributed by atoms with E-state index in [9.17, 15) is 0 Å². The third kappa shape index (κ3) is 0.878. The third-order valence-corrected chi connectivity index (χ3v) is 2.72. The molecule has 1 aliphatic carbocycles. The number of aromatic nitrogens is 2. The summed E-state index contributed by atoms with van der Waals surface area (Å²) in [5, 5.41) is 15.8. The molecule has 0 atom stereocenters. The Morgan fingerprint density at radius 3 is 2.82 bits per heavy atom. The fourth-order valence-electron chi connectivity index (χ4n) is 1.68. The van der Waals surface area contributed by atoms with E-state index in [-0.39, 0.29) is 12.0 Å². The quantitative estimate of drug-likeness (QED) is 0.659. The molecule has 1 aliphatic rings. The van der Waals surface area contributed by atoms with Crippen molar-refractivity contribution in [2.45, 2.75) is 24.7 Å². The maximum Gasteiger partial charge on any atom is 0.0529 e. The molecule has 1 heterocycles. The Morgan fingerprint density at radius 1 is 1.64 bits per heavy atom. The van der Waals surface area contributed by atoms with Gasteiger partial charge in [0, 0.05) is 11.6 Å². The number of hydrogen-bond donors (Lipinski definition) is 2. The number of aliphatic hydroxyl groups excluding tert-OH is 1. The van der Waals surface area contributed by atoms with E-state index in [4.69, 9.17) is 5.11 Å². The maximum absolute atomic E-state index is 9.17. The van der Waals surface area contributed by atoms with Gasteiger partial charge in [0.15, 0.2) is 0 Å². The lowest BCUT2D eigenvalue weighted by molar-refractivity contribution is 0.120. The van der Waals surface area contributed by atoms with Crippen molar-refractivity contribution in [2.24, 2.45) is 0 Å². The van der Waals surface area contributed by atoms with Crippen LogP contribution in [-0.2, 0) is 5.41 Å². The summed E-state index contributed by atoms with van der Waals surface area (Å²) < 4.78 is 0. The largest absolute Gasteiger partial charge is 0.395 e. The summed E-state index contributed by atoms with van der Waals surface area (Å²) in [5.74, 6) is 0. The SMILES string of the molecule is OCC1(c2cn[nH]c2)CCC1. The Bertz CT molecular complexity index is 221. The number of aromatic amines is 1. The van der Waals surface area contributed by atoms with E-state index < -0.39 is 0 Å². The molecule has 0 spiro atoms. The number of nitrogens with zero attached hydrogens (tertiary/aromatic N) is 1. The van der Waals surface area contributed by atoms with Crippen molar-refractivity contribution in [3.8, 4) is 0 Å². The first-order valence-corrected chi connectivity index (χ1v) is 3.97. The van der Waals surface area contributed by atoms with Crippen LogP contribution in [0.15, 0.2) is 12.4 Å². The summed E-state index contributed by atoms with van der Waals surface area (Å²) in [4.78, 5) is 0. The molecule has 0 radical (unpaired) electrons. The van der Waals surface area contributed by atoms with Gasteiger partial charge in [-0.05, 0) is 18.4 Å². The summed E-state index contributed by atoms with van der Waals surface area (Å²) in [5.41, 5.74) is 1.21. The van der Waals surface area contributed by atoms with Crippen LogP contribution in [0, 0.1) is 0 Å². The first kappa shape index (κ1) is 6.85. The monoisotopic (exact) mass is 152 g/mol. The van der Waals surface area contributed by atoms with E-state index >= 15 is 0 Å². The molecule has 0 saturated heterocycles. The van der Waals surface area contributed by atoms with Crippen LogP contribution in [0.25, 0.3) is 0 Å². The Balaban J connectivity index is 2.25. The van der Waals surface area contributed by atoms with Gasteiger partial charge in [0.2, 0.25) is 0 Å². The van der Waals surface area contributed by atoms with E-state index in [0.29, 0.717) is 0 Å². The van der Waals surface area contributed by atoms with Gasteiger partial charge in [-0.1, -0.05) is 6.42 Å². The second-order valence-electron chi connectivity index (χ2n) is 3.28. The highest BCUT2D eigenvalue weighted by molar-refractivity contribution is 5.22. The van der Waals surface area contributed by atoms with Crippen LogP contribution in [0.4, 0.5) is 0 Å². The Hall–Kier alpha value is -0.830. The molecule has 2 rings (SSSR count). The molecule has 0 bridgehead atoms. The summed E-state index contributed by atoms with van der Waals surface area (Å²) in [7, 11) is 0. The molecule has 1 aromatic rings. The van der Waals surface area contributed by atoms with Crippen molar-refractivity contribution in [3.63, 3.8) is 0 Å². The van der Waals surface area contributed by atoms with Crippen LogP contribution < -0.4 is 0 Å². The van der Waals surface area contributed by atoms with E-state index in [2.05, 4.69) is 10.2 Å². The summed E-state index contributed by atoms with van der Waals surface area (Å²) in [6, 6.07) is 0. The predicted molar refractivity (Wildman–Crippen MR) is 41.2 cm³/mol. The molecular weight excluding hydrogens is 140 g/mol. The van der Waals surface area contributed by atoms with Gasteiger partial charge in [0.1, 0.15) is 0 Å². The average molecular weight is 152 g/mol. The average Bonchev–Trinajstić information content (AvgIpc) is 2.39. The van der Waals surface area contributed by atoms with Gasteiger partial charge in [-0.3, -0.25) is 5.10 Å². The lowest BCUT2D eigenvalue weighted by Crippen LogP contribution is -2.37. The van der Waals surface area contributed by atoms with Gasteiger partial charge in [-0.25, -0.2) is 0 Å². The molecule has 1 saturated carbocycles. The van der Waals surface area contributed by atoms with Crippen LogP contribution in [0.2, 0.25) is 0 Å². The van der Waals surface area contributed by atoms with Crippen molar-refractivity contribution < 1.29 is 5.11 Å². The van der Waals surface area contributed by atoms with Crippen molar-refractivity contribution >= 4 is 0 Å². The molecule has 1 fully saturated rings. The topological polar surface area (TPSA) is 48.9 Å². The fraction of sp³-hybridized carbons (Fsp3) is 0.625. The molecule has 0 amide bonds. The van der Waals surface area contributed by atoms with Crippen molar-refractivity contribution in [2.75, 3.05) is 6.61 Å². The standard InChI is InChI=1S/C8H12N2O/c11-6-8(2-1-3-8)7-4-9-10-5-7/h4-5,11H,1-3,6H2,(H,9,10). The van der Waals surface area contributed by atoms with Gasteiger partial charge < -0.3 is 5.11 Å². The van der Waals surface area contributed by atoms with Gasteiger partial charge in [-0.15, -0.1) is 0 Å². The first-order chi connectivity index (χ1) is 5.37. The van der Waals surface area contributed by atoms with Crippen molar-refractivity contribution in [1.29, 1.82) is 0 Å². The van der Waals surface area contributed by atoms with Crippen LogP contribution >= 0.6 is 0 Å². The minimum absolute atomic E-state index is 0.0486. The van der Waals surface area contributed by atoms with Crippen LogP contribution in [0.1, 0.15) is 24.8 Å². The van der Waals surface area contributed by atoms with E-state index in [0.717, 1.165) is 18.4 Å². The van der Waals surface area contributed by atoms with Gasteiger partial charge >= 0.3 is 0 Å². The first-order valence-electron chi connectivity index (χ1n) is 3.97. The minimum Gasteiger partial charge on any atom is -0.395 e. The predicted octanol–water partition coefficient (Wildman–Crippen LogP) is 0.824. The normalized spacial score (nSPS) is 21.2. The molecule has 2 N–H and O–H groups in total. The number of aliphatic hydroxyl groups is 1. The minimum atomic E-state index is 0.0486. The summed E-state index contributed by atoms with van der Waals surface area (Å²) in [6.07, 6.45) is 7.13. The van der Waals surface area contributed by atoms with Crippen LogP contribution in [0.5, 0.6) is 0 Å². The van der Waals surface area contributed by atoms with E-state index in [1.165, 1.54) is 6.42 Å². The highest BCUT2D eigenvalue weighted by atomic mass is 16.3. The number of H-pyrrole nitrogens is 1. The second-order valence-corrected chi connectivity index (χ2v) is 3.28. The van der Waals surface area contributed by atoms with E-state index in [1.807, 2.05) is 12.4 Å². The zero-order valence-corrected chi connectivity index (χ0v) is 6.38.